The smallest absolute Gasteiger partial charge is 0.222 e. The number of hydrogen-bond donors (Lipinski definition) is 1. The third-order valence-electron chi connectivity index (χ3n) is 5.10. The SMILES string of the molecule is CC(C)C(=O)N[C@@]1(C)C[C@@H](c2cccc(Cl)c2)O[C@@H](c2cccc(F)c2F)C1. The molecule has 0 radical (unpaired) electrons. The van der Waals surface area contributed by atoms with Gasteiger partial charge in [-0.2, -0.15) is 0 Å². The number of ether oxygens (including phenoxy) is 1. The van der Waals surface area contributed by atoms with Gasteiger partial charge in [0.25, 0.3) is 0 Å². The Bertz CT molecular complexity index is 873. The maximum Gasteiger partial charge on any atom is 0.222 e. The van der Waals surface area contributed by atoms with E-state index in [1.807, 2.05) is 32.9 Å². The van der Waals surface area contributed by atoms with Crippen LogP contribution in [0.3, 0.4) is 0 Å². The summed E-state index contributed by atoms with van der Waals surface area (Å²) < 4.78 is 34.4. The van der Waals surface area contributed by atoms with Gasteiger partial charge in [-0.3, -0.25) is 4.79 Å². The minimum Gasteiger partial charge on any atom is -0.365 e. The molecule has 1 fully saturated rings. The van der Waals surface area contributed by atoms with E-state index in [2.05, 4.69) is 5.32 Å². The van der Waals surface area contributed by atoms with Crippen LogP contribution in [0.5, 0.6) is 0 Å². The van der Waals surface area contributed by atoms with Gasteiger partial charge in [-0.15, -0.1) is 0 Å². The van der Waals surface area contributed by atoms with Crippen molar-refractivity contribution in [1.29, 1.82) is 0 Å². The van der Waals surface area contributed by atoms with Gasteiger partial charge >= 0.3 is 0 Å². The molecule has 0 bridgehead atoms. The van der Waals surface area contributed by atoms with Crippen molar-refractivity contribution in [3.63, 3.8) is 0 Å². The minimum absolute atomic E-state index is 0.0901. The monoisotopic (exact) mass is 407 g/mol. The Hall–Kier alpha value is -1.98. The van der Waals surface area contributed by atoms with Gasteiger partial charge in [-0.25, -0.2) is 8.78 Å². The molecule has 1 amide bonds. The van der Waals surface area contributed by atoms with Gasteiger partial charge in [-0.1, -0.05) is 49.7 Å². The highest BCUT2D eigenvalue weighted by Crippen LogP contribution is 2.44. The van der Waals surface area contributed by atoms with Gasteiger partial charge in [0, 0.05) is 34.9 Å². The van der Waals surface area contributed by atoms with Crippen molar-refractivity contribution in [2.75, 3.05) is 0 Å². The van der Waals surface area contributed by atoms with E-state index in [0.717, 1.165) is 11.6 Å². The summed E-state index contributed by atoms with van der Waals surface area (Å²) in [5.41, 5.74) is 0.339. The molecule has 1 aliphatic rings. The molecule has 0 saturated carbocycles. The Morgan fingerprint density at radius 1 is 1.18 bits per heavy atom. The molecule has 0 unspecified atom stereocenters. The first-order valence-electron chi connectivity index (χ1n) is 9.35. The summed E-state index contributed by atoms with van der Waals surface area (Å²) >= 11 is 6.13. The number of amides is 1. The predicted molar refractivity (Wildman–Crippen MR) is 105 cm³/mol. The van der Waals surface area contributed by atoms with Crippen molar-refractivity contribution in [1.82, 2.24) is 5.32 Å². The zero-order valence-electron chi connectivity index (χ0n) is 16.1. The number of halogens is 3. The molecule has 0 aliphatic carbocycles. The second-order valence-corrected chi connectivity index (χ2v) is 8.36. The van der Waals surface area contributed by atoms with Crippen LogP contribution in [0.15, 0.2) is 42.5 Å². The fourth-order valence-corrected chi connectivity index (χ4v) is 3.79. The van der Waals surface area contributed by atoms with E-state index in [1.54, 1.807) is 12.1 Å². The molecule has 2 aromatic carbocycles. The maximum atomic E-state index is 14.5. The first-order valence-corrected chi connectivity index (χ1v) is 9.73. The molecular weight excluding hydrogens is 384 g/mol. The van der Waals surface area contributed by atoms with E-state index in [4.69, 9.17) is 16.3 Å². The molecule has 1 N–H and O–H groups in total. The number of rotatable bonds is 4. The lowest BCUT2D eigenvalue weighted by Crippen LogP contribution is -2.52. The van der Waals surface area contributed by atoms with E-state index in [0.29, 0.717) is 17.9 Å². The van der Waals surface area contributed by atoms with E-state index < -0.39 is 29.4 Å². The number of carbonyl (C=O) groups excluding carboxylic acids is 1. The lowest BCUT2D eigenvalue weighted by Gasteiger charge is -2.43. The van der Waals surface area contributed by atoms with E-state index in [1.165, 1.54) is 12.1 Å². The van der Waals surface area contributed by atoms with Crippen LogP contribution in [0.2, 0.25) is 5.02 Å². The summed E-state index contributed by atoms with van der Waals surface area (Å²) in [7, 11) is 0. The topological polar surface area (TPSA) is 38.3 Å². The van der Waals surface area contributed by atoms with Crippen molar-refractivity contribution in [3.8, 4) is 0 Å². The Labute approximate surface area is 169 Å². The van der Waals surface area contributed by atoms with Gasteiger partial charge in [0.1, 0.15) is 0 Å². The quantitative estimate of drug-likeness (QED) is 0.701. The van der Waals surface area contributed by atoms with Crippen molar-refractivity contribution in [2.45, 2.75) is 51.4 Å². The molecule has 6 heteroatoms. The van der Waals surface area contributed by atoms with Crippen LogP contribution in [0.4, 0.5) is 8.78 Å². The molecule has 1 heterocycles. The first-order chi connectivity index (χ1) is 13.2. The van der Waals surface area contributed by atoms with Gasteiger partial charge in [0.15, 0.2) is 11.6 Å². The standard InChI is InChI=1S/C22H24ClF2NO2/c1-13(2)21(27)26-22(3)11-18(14-6-4-7-15(23)10-14)28-19(12-22)16-8-5-9-17(24)20(16)25/h4-10,13,18-19H,11-12H2,1-3H3,(H,26,27)/t18-,19+,22-/m0/s1. The molecule has 1 saturated heterocycles. The Balaban J connectivity index is 1.98. The van der Waals surface area contributed by atoms with Gasteiger partial charge in [0.05, 0.1) is 12.2 Å². The fraction of sp³-hybridized carbons (Fsp3) is 0.409. The summed E-state index contributed by atoms with van der Waals surface area (Å²) in [5.74, 6) is -2.11. The molecule has 0 spiro atoms. The number of benzene rings is 2. The lowest BCUT2D eigenvalue weighted by molar-refractivity contribution is -0.131. The van der Waals surface area contributed by atoms with Crippen molar-refractivity contribution < 1.29 is 18.3 Å². The second kappa shape index (κ2) is 8.18. The fourth-order valence-electron chi connectivity index (χ4n) is 3.60. The lowest BCUT2D eigenvalue weighted by atomic mass is 9.81. The summed E-state index contributed by atoms with van der Waals surface area (Å²) in [6, 6.07) is 11.3. The van der Waals surface area contributed by atoms with Crippen LogP contribution in [0.1, 0.15) is 56.9 Å². The van der Waals surface area contributed by atoms with Crippen molar-refractivity contribution in [2.24, 2.45) is 5.92 Å². The van der Waals surface area contributed by atoms with E-state index >= 15 is 0 Å². The third kappa shape index (κ3) is 4.53. The highest BCUT2D eigenvalue weighted by Gasteiger charge is 2.41. The molecule has 0 aromatic heterocycles. The highest BCUT2D eigenvalue weighted by atomic mass is 35.5. The van der Waals surface area contributed by atoms with Crippen LogP contribution in [0.25, 0.3) is 0 Å². The zero-order valence-corrected chi connectivity index (χ0v) is 16.9. The van der Waals surface area contributed by atoms with E-state index in [-0.39, 0.29) is 17.4 Å². The summed E-state index contributed by atoms with van der Waals surface area (Å²) in [5, 5.41) is 3.64. The molecule has 3 nitrogen and oxygen atoms in total. The molecular formula is C22H24ClF2NO2. The Kier molecular flexibility index (Phi) is 6.06. The number of hydrogen-bond acceptors (Lipinski definition) is 2. The van der Waals surface area contributed by atoms with Crippen molar-refractivity contribution in [3.05, 3.63) is 70.2 Å². The molecule has 1 aliphatic heterocycles. The minimum atomic E-state index is -0.920. The number of carbonyl (C=O) groups is 1. The molecule has 3 rings (SSSR count). The van der Waals surface area contributed by atoms with Gasteiger partial charge in [-0.05, 0) is 30.7 Å². The second-order valence-electron chi connectivity index (χ2n) is 7.92. The molecule has 3 atom stereocenters. The Morgan fingerprint density at radius 2 is 1.86 bits per heavy atom. The van der Waals surface area contributed by atoms with E-state index in [9.17, 15) is 13.6 Å². The van der Waals surface area contributed by atoms with Crippen LogP contribution in [-0.4, -0.2) is 11.4 Å². The van der Waals surface area contributed by atoms with Crippen LogP contribution in [0, 0.1) is 17.6 Å². The first kappa shape index (κ1) is 20.7. The van der Waals surface area contributed by atoms with Crippen LogP contribution >= 0.6 is 11.6 Å². The summed E-state index contributed by atoms with van der Waals surface area (Å²) in [4.78, 5) is 12.4. The molecule has 2 aromatic rings. The largest absolute Gasteiger partial charge is 0.365 e. The summed E-state index contributed by atoms with van der Waals surface area (Å²) in [6.07, 6.45) is -0.286. The molecule has 28 heavy (non-hydrogen) atoms. The zero-order chi connectivity index (χ0) is 20.5. The third-order valence-corrected chi connectivity index (χ3v) is 5.33. The maximum absolute atomic E-state index is 14.5. The van der Waals surface area contributed by atoms with Gasteiger partial charge in [0.2, 0.25) is 5.91 Å². The molecule has 150 valence electrons. The van der Waals surface area contributed by atoms with Crippen molar-refractivity contribution >= 4 is 17.5 Å². The van der Waals surface area contributed by atoms with Crippen LogP contribution in [-0.2, 0) is 9.53 Å². The average Bonchev–Trinajstić information content (AvgIpc) is 2.63. The van der Waals surface area contributed by atoms with Gasteiger partial charge < -0.3 is 10.1 Å². The normalized spacial score (nSPS) is 25.0. The Morgan fingerprint density at radius 3 is 2.54 bits per heavy atom. The average molecular weight is 408 g/mol. The highest BCUT2D eigenvalue weighted by molar-refractivity contribution is 6.30. The van der Waals surface area contributed by atoms with Crippen LogP contribution < -0.4 is 5.32 Å². The predicted octanol–water partition coefficient (Wildman–Crippen LogP) is 5.74. The number of nitrogens with one attached hydrogen (secondary N) is 1. The summed E-state index contributed by atoms with van der Waals surface area (Å²) in [6.45, 7) is 5.55.